The van der Waals surface area contributed by atoms with Crippen LogP contribution in [0.15, 0.2) is 59.6 Å². The molecule has 8 nitrogen and oxygen atoms in total. The van der Waals surface area contributed by atoms with Crippen molar-refractivity contribution in [1.82, 2.24) is 14.1 Å². The van der Waals surface area contributed by atoms with Crippen LogP contribution in [0.5, 0.6) is 5.75 Å². The van der Waals surface area contributed by atoms with Crippen molar-refractivity contribution in [2.75, 3.05) is 25.5 Å². The first-order chi connectivity index (χ1) is 15.3. The highest BCUT2D eigenvalue weighted by atomic mass is 32.2. The minimum atomic E-state index is -3.80. The summed E-state index contributed by atoms with van der Waals surface area (Å²) in [6.07, 6.45) is 1.61. The van der Waals surface area contributed by atoms with Gasteiger partial charge in [0.05, 0.1) is 19.9 Å². The van der Waals surface area contributed by atoms with E-state index in [1.54, 1.807) is 30.8 Å². The Labute approximate surface area is 188 Å². The van der Waals surface area contributed by atoms with Gasteiger partial charge in [-0.15, -0.1) is 0 Å². The lowest BCUT2D eigenvalue weighted by atomic mass is 10.1. The molecule has 1 N–H and O–H groups in total. The van der Waals surface area contributed by atoms with Gasteiger partial charge in [-0.3, -0.25) is 4.79 Å². The van der Waals surface area contributed by atoms with Gasteiger partial charge in [0.2, 0.25) is 10.0 Å². The molecule has 0 aliphatic rings. The maximum Gasteiger partial charge on any atom is 0.256 e. The maximum atomic E-state index is 13.1. The molecule has 0 atom stereocenters. The number of nitrogens with one attached hydrogen (secondary N) is 1. The molecule has 0 fully saturated rings. The molecular weight excluding hydrogens is 428 g/mol. The molecular formula is C23H28N4O4S. The third-order valence-electron chi connectivity index (χ3n) is 5.12. The number of carbonyl (C=O) groups is 1. The quantitative estimate of drug-likeness (QED) is 0.532. The number of benzene rings is 2. The Balaban J connectivity index is 1.88. The molecule has 0 unspecified atom stereocenters. The first-order valence-electron chi connectivity index (χ1n) is 10.4. The molecule has 1 amide bonds. The fraction of sp³-hybridized carbons (Fsp3) is 0.304. The Morgan fingerprint density at radius 3 is 2.53 bits per heavy atom. The molecule has 1 aromatic heterocycles. The van der Waals surface area contributed by atoms with Gasteiger partial charge >= 0.3 is 0 Å². The zero-order valence-corrected chi connectivity index (χ0v) is 19.5. The molecule has 3 aromatic rings. The Morgan fingerprint density at radius 2 is 1.88 bits per heavy atom. The van der Waals surface area contributed by atoms with Gasteiger partial charge in [-0.25, -0.2) is 13.1 Å². The number of aromatic nitrogens is 2. The highest BCUT2D eigenvalue weighted by Crippen LogP contribution is 2.28. The van der Waals surface area contributed by atoms with E-state index in [9.17, 15) is 13.2 Å². The second-order valence-electron chi connectivity index (χ2n) is 7.27. The fourth-order valence-electron chi connectivity index (χ4n) is 3.46. The molecule has 0 saturated carbocycles. The minimum Gasteiger partial charge on any atom is -0.495 e. The molecule has 0 aliphatic heterocycles. The van der Waals surface area contributed by atoms with Crippen molar-refractivity contribution >= 4 is 21.7 Å². The van der Waals surface area contributed by atoms with Crippen LogP contribution in [0.25, 0.3) is 0 Å². The van der Waals surface area contributed by atoms with Crippen LogP contribution in [0.1, 0.15) is 35.3 Å². The van der Waals surface area contributed by atoms with Crippen molar-refractivity contribution < 1.29 is 17.9 Å². The van der Waals surface area contributed by atoms with Crippen molar-refractivity contribution in [2.45, 2.75) is 32.2 Å². The van der Waals surface area contributed by atoms with Gasteiger partial charge in [0.15, 0.2) is 0 Å². The minimum absolute atomic E-state index is 0.0374. The second-order valence-corrected chi connectivity index (χ2v) is 9.18. The van der Waals surface area contributed by atoms with Gasteiger partial charge in [-0.2, -0.15) is 9.40 Å². The lowest BCUT2D eigenvalue weighted by molar-refractivity contribution is 0.102. The molecule has 9 heteroatoms. The monoisotopic (exact) mass is 456 g/mol. The zero-order valence-electron chi connectivity index (χ0n) is 18.7. The van der Waals surface area contributed by atoms with E-state index < -0.39 is 15.9 Å². The fourth-order valence-corrected chi connectivity index (χ4v) is 5.10. The van der Waals surface area contributed by atoms with E-state index in [4.69, 9.17) is 4.74 Å². The van der Waals surface area contributed by atoms with Crippen LogP contribution in [-0.2, 0) is 16.6 Å². The number of rotatable bonds is 9. The number of nitrogens with zero attached hydrogens (tertiary/aromatic N) is 3. The molecule has 3 rings (SSSR count). The molecule has 0 aliphatic carbocycles. The Hall–Kier alpha value is -3.17. The van der Waals surface area contributed by atoms with E-state index in [1.165, 1.54) is 29.6 Å². The highest BCUT2D eigenvalue weighted by molar-refractivity contribution is 7.89. The summed E-state index contributed by atoms with van der Waals surface area (Å²) in [7, 11) is -2.40. The van der Waals surface area contributed by atoms with Gasteiger partial charge < -0.3 is 10.1 Å². The van der Waals surface area contributed by atoms with E-state index in [2.05, 4.69) is 16.5 Å². The first-order valence-corrected chi connectivity index (χ1v) is 11.8. The maximum absolute atomic E-state index is 13.1. The van der Waals surface area contributed by atoms with Gasteiger partial charge in [0.25, 0.3) is 5.91 Å². The van der Waals surface area contributed by atoms with E-state index in [1.807, 2.05) is 25.1 Å². The van der Waals surface area contributed by atoms with E-state index in [-0.39, 0.29) is 16.2 Å². The van der Waals surface area contributed by atoms with Gasteiger partial charge in [-0.05, 0) is 30.7 Å². The van der Waals surface area contributed by atoms with E-state index in [0.29, 0.717) is 25.5 Å². The van der Waals surface area contributed by atoms with Crippen molar-refractivity contribution in [3.05, 3.63) is 71.4 Å². The average Bonchev–Trinajstić information content (AvgIpc) is 3.20. The Morgan fingerprint density at radius 1 is 1.12 bits per heavy atom. The smallest absolute Gasteiger partial charge is 0.256 e. The summed E-state index contributed by atoms with van der Waals surface area (Å²) in [6.45, 7) is 6.67. The van der Waals surface area contributed by atoms with Gasteiger partial charge in [0.1, 0.15) is 16.5 Å². The standard InChI is InChI=1S/C23H28N4O4S/c1-5-26(6-2)32(29,30)21-15-19(10-11-20(21)31-4)23(28)25-22-12-13-24-27(22)16-18-9-7-8-17(3)14-18/h7-15H,5-6,16H2,1-4H3,(H,25,28). The van der Waals surface area contributed by atoms with Crippen molar-refractivity contribution in [3.63, 3.8) is 0 Å². The van der Waals surface area contributed by atoms with Crippen LogP contribution < -0.4 is 10.1 Å². The third kappa shape index (κ3) is 5.00. The Bertz CT molecular complexity index is 1200. The second kappa shape index (κ2) is 9.97. The number of amides is 1. The highest BCUT2D eigenvalue weighted by Gasteiger charge is 2.27. The SMILES string of the molecule is CCN(CC)S(=O)(=O)c1cc(C(=O)Nc2ccnn2Cc2cccc(C)c2)ccc1OC. The molecule has 0 spiro atoms. The third-order valence-corrected chi connectivity index (χ3v) is 7.19. The summed E-state index contributed by atoms with van der Waals surface area (Å²) >= 11 is 0. The molecule has 0 radical (unpaired) electrons. The topological polar surface area (TPSA) is 93.5 Å². The van der Waals surface area contributed by atoms with Gasteiger partial charge in [-0.1, -0.05) is 43.7 Å². The van der Waals surface area contributed by atoms with Crippen molar-refractivity contribution in [1.29, 1.82) is 0 Å². The molecule has 170 valence electrons. The van der Waals surface area contributed by atoms with E-state index >= 15 is 0 Å². The van der Waals surface area contributed by atoms with Crippen molar-refractivity contribution in [3.8, 4) is 5.75 Å². The Kier molecular flexibility index (Phi) is 7.32. The summed E-state index contributed by atoms with van der Waals surface area (Å²) in [4.78, 5) is 12.9. The number of aryl methyl sites for hydroxylation is 1. The van der Waals surface area contributed by atoms with Crippen LogP contribution in [0.2, 0.25) is 0 Å². The van der Waals surface area contributed by atoms with Crippen LogP contribution in [0.4, 0.5) is 5.82 Å². The predicted molar refractivity (Wildman–Crippen MR) is 124 cm³/mol. The summed E-state index contributed by atoms with van der Waals surface area (Å²) in [5.74, 6) is 0.271. The van der Waals surface area contributed by atoms with Crippen LogP contribution in [0.3, 0.4) is 0 Å². The number of methoxy groups -OCH3 is 1. The number of hydrogen-bond donors (Lipinski definition) is 1. The van der Waals surface area contributed by atoms with E-state index in [0.717, 1.165) is 11.1 Å². The predicted octanol–water partition coefficient (Wildman–Crippen LogP) is 3.53. The van der Waals surface area contributed by atoms with Crippen LogP contribution in [-0.4, -0.2) is 48.6 Å². The lowest BCUT2D eigenvalue weighted by Gasteiger charge is -2.20. The zero-order chi connectivity index (χ0) is 23.3. The molecule has 2 aromatic carbocycles. The van der Waals surface area contributed by atoms with Crippen molar-refractivity contribution in [2.24, 2.45) is 0 Å². The number of hydrogen-bond acceptors (Lipinski definition) is 5. The van der Waals surface area contributed by atoms with Crippen LogP contribution >= 0.6 is 0 Å². The van der Waals surface area contributed by atoms with Gasteiger partial charge in [0, 0.05) is 24.7 Å². The normalized spacial score (nSPS) is 11.5. The number of carbonyl (C=O) groups excluding carboxylic acids is 1. The molecule has 0 saturated heterocycles. The number of anilines is 1. The first kappa shape index (κ1) is 23.5. The summed E-state index contributed by atoms with van der Waals surface area (Å²) < 4.78 is 34.4. The lowest BCUT2D eigenvalue weighted by Crippen LogP contribution is -2.31. The summed E-state index contributed by atoms with van der Waals surface area (Å²) in [5.41, 5.74) is 2.40. The average molecular weight is 457 g/mol. The van der Waals surface area contributed by atoms with Crippen LogP contribution in [0, 0.1) is 6.92 Å². The summed E-state index contributed by atoms with van der Waals surface area (Å²) in [6, 6.07) is 14.1. The largest absolute Gasteiger partial charge is 0.495 e. The molecule has 0 bridgehead atoms. The molecule has 1 heterocycles. The number of ether oxygens (including phenoxy) is 1. The summed E-state index contributed by atoms with van der Waals surface area (Å²) in [5, 5.41) is 7.12. The molecule has 32 heavy (non-hydrogen) atoms. The number of sulfonamides is 1.